The lowest BCUT2D eigenvalue weighted by molar-refractivity contribution is -0.139. The van der Waals surface area contributed by atoms with Crippen molar-refractivity contribution >= 4 is 24.1 Å². The molecule has 0 aliphatic heterocycles. The summed E-state index contributed by atoms with van der Waals surface area (Å²) in [5, 5.41) is 16.3. The summed E-state index contributed by atoms with van der Waals surface area (Å²) in [4.78, 5) is 47.4. The van der Waals surface area contributed by atoms with Crippen LogP contribution in [0.1, 0.15) is 37.8 Å². The van der Waals surface area contributed by atoms with E-state index in [4.69, 9.17) is 9.47 Å². The fourth-order valence-electron chi connectivity index (χ4n) is 3.73. The van der Waals surface area contributed by atoms with Crippen molar-refractivity contribution in [1.82, 2.24) is 16.0 Å². The number of fused-ring (bicyclic) bond motifs is 3. The quantitative estimate of drug-likeness (QED) is 0.452. The van der Waals surface area contributed by atoms with Gasteiger partial charge in [-0.3, -0.25) is 4.79 Å². The zero-order chi connectivity index (χ0) is 25.6. The number of rotatable bonds is 8. The monoisotopic (exact) mass is 483 g/mol. The molecule has 2 aromatic carbocycles. The number of hydrogen-bond donors (Lipinski definition) is 4. The Morgan fingerprint density at radius 3 is 2.03 bits per heavy atom. The minimum absolute atomic E-state index is 0.0262. The van der Waals surface area contributed by atoms with Crippen molar-refractivity contribution in [3.8, 4) is 11.1 Å². The van der Waals surface area contributed by atoms with Crippen molar-refractivity contribution < 1.29 is 33.8 Å². The summed E-state index contributed by atoms with van der Waals surface area (Å²) in [6.07, 6.45) is -1.69. The van der Waals surface area contributed by atoms with Crippen molar-refractivity contribution in [2.24, 2.45) is 0 Å². The number of carboxylic acids is 1. The highest BCUT2D eigenvalue weighted by atomic mass is 16.6. The number of amides is 3. The molecule has 0 bridgehead atoms. The van der Waals surface area contributed by atoms with E-state index in [0.29, 0.717) is 0 Å². The average molecular weight is 484 g/mol. The van der Waals surface area contributed by atoms with Crippen LogP contribution in [-0.2, 0) is 19.1 Å². The van der Waals surface area contributed by atoms with Crippen LogP contribution in [-0.4, -0.2) is 60.5 Å². The summed E-state index contributed by atoms with van der Waals surface area (Å²) >= 11 is 0. The van der Waals surface area contributed by atoms with E-state index in [2.05, 4.69) is 16.0 Å². The maximum Gasteiger partial charge on any atom is 0.408 e. The highest BCUT2D eigenvalue weighted by Crippen LogP contribution is 2.44. The molecule has 0 heterocycles. The Morgan fingerprint density at radius 1 is 0.914 bits per heavy atom. The molecule has 4 N–H and O–H groups in total. The molecule has 0 radical (unpaired) electrons. The molecule has 10 heteroatoms. The number of hydrogen-bond acceptors (Lipinski definition) is 6. The Balaban J connectivity index is 1.50. The van der Waals surface area contributed by atoms with Crippen LogP contribution in [0.5, 0.6) is 0 Å². The number of alkyl carbamates (subject to hydrolysis) is 2. The van der Waals surface area contributed by atoms with Gasteiger partial charge in [0.15, 0.2) is 0 Å². The van der Waals surface area contributed by atoms with Crippen molar-refractivity contribution in [2.45, 2.75) is 38.3 Å². The van der Waals surface area contributed by atoms with Gasteiger partial charge in [-0.1, -0.05) is 48.5 Å². The molecule has 0 saturated carbocycles. The maximum absolute atomic E-state index is 12.3. The third-order valence-corrected chi connectivity index (χ3v) is 5.23. The topological polar surface area (TPSA) is 143 Å². The van der Waals surface area contributed by atoms with Crippen molar-refractivity contribution in [3.63, 3.8) is 0 Å². The molecule has 0 saturated heterocycles. The Morgan fingerprint density at radius 2 is 1.49 bits per heavy atom. The summed E-state index contributed by atoms with van der Waals surface area (Å²) in [5.41, 5.74) is 3.48. The predicted octanol–water partition coefficient (Wildman–Crippen LogP) is 2.62. The summed E-state index contributed by atoms with van der Waals surface area (Å²) in [6.45, 7) is 4.26. The van der Waals surface area contributed by atoms with Crippen LogP contribution in [0, 0.1) is 0 Å². The summed E-state index contributed by atoms with van der Waals surface area (Å²) < 4.78 is 10.4. The van der Waals surface area contributed by atoms with Gasteiger partial charge in [-0.05, 0) is 43.0 Å². The first-order valence-corrected chi connectivity index (χ1v) is 11.1. The molecule has 0 fully saturated rings. The predicted molar refractivity (Wildman–Crippen MR) is 127 cm³/mol. The van der Waals surface area contributed by atoms with Crippen LogP contribution in [0.25, 0.3) is 11.1 Å². The number of nitrogens with one attached hydrogen (secondary N) is 3. The number of carboxylic acid groups (broad SMARTS) is 1. The minimum atomic E-state index is -1.42. The van der Waals surface area contributed by atoms with E-state index >= 15 is 0 Å². The molecule has 186 valence electrons. The zero-order valence-electron chi connectivity index (χ0n) is 19.8. The molecule has 3 rings (SSSR count). The third kappa shape index (κ3) is 6.95. The molecule has 1 aliphatic carbocycles. The summed E-state index contributed by atoms with van der Waals surface area (Å²) in [6, 6.07) is 14.3. The minimum Gasteiger partial charge on any atom is -0.480 e. The van der Waals surface area contributed by atoms with Crippen LogP contribution in [0.2, 0.25) is 0 Å². The zero-order valence-corrected chi connectivity index (χ0v) is 19.8. The summed E-state index contributed by atoms with van der Waals surface area (Å²) in [7, 11) is 0. The largest absolute Gasteiger partial charge is 0.480 e. The lowest BCUT2D eigenvalue weighted by Crippen LogP contribution is -2.50. The van der Waals surface area contributed by atoms with Crippen LogP contribution >= 0.6 is 0 Å². The second-order valence-corrected chi connectivity index (χ2v) is 9.02. The van der Waals surface area contributed by atoms with Gasteiger partial charge in [0.25, 0.3) is 0 Å². The van der Waals surface area contributed by atoms with E-state index < -0.39 is 48.8 Å². The van der Waals surface area contributed by atoms with Crippen LogP contribution < -0.4 is 16.0 Å². The standard InChI is InChI=1S/C25H29N3O7/c1-25(2,3)35-23(32)27-13-21(29)26-12-20(22(30)31)28-24(33)34-14-19-17-10-6-4-8-15(17)16-9-5-7-11-18(16)19/h4-11,19-20H,12-14H2,1-3H3,(H,26,29)(H,27,32)(H,28,33)(H,30,31)/t20-/m1/s1. The normalized spacial score (nSPS) is 13.1. The Bertz CT molecular complexity index is 1060. The maximum atomic E-state index is 12.3. The molecule has 35 heavy (non-hydrogen) atoms. The van der Waals surface area contributed by atoms with E-state index in [9.17, 15) is 24.3 Å². The number of carbonyl (C=O) groups is 4. The second-order valence-electron chi connectivity index (χ2n) is 9.02. The van der Waals surface area contributed by atoms with Crippen molar-refractivity contribution in [2.75, 3.05) is 19.7 Å². The van der Waals surface area contributed by atoms with Crippen LogP contribution in [0.15, 0.2) is 48.5 Å². The van der Waals surface area contributed by atoms with E-state index in [0.717, 1.165) is 22.3 Å². The van der Waals surface area contributed by atoms with Gasteiger partial charge in [0.05, 0.1) is 6.54 Å². The molecule has 2 aromatic rings. The Kier molecular flexibility index (Phi) is 7.95. The van der Waals surface area contributed by atoms with Gasteiger partial charge >= 0.3 is 18.2 Å². The Hall–Kier alpha value is -4.08. The first kappa shape index (κ1) is 25.5. The third-order valence-electron chi connectivity index (χ3n) is 5.23. The number of aliphatic carboxylic acids is 1. The van der Waals surface area contributed by atoms with Gasteiger partial charge in [0.2, 0.25) is 5.91 Å². The highest BCUT2D eigenvalue weighted by molar-refractivity contribution is 5.84. The average Bonchev–Trinajstić information content (AvgIpc) is 3.11. The van der Waals surface area contributed by atoms with Gasteiger partial charge in [0.1, 0.15) is 18.2 Å². The van der Waals surface area contributed by atoms with Crippen LogP contribution in [0.3, 0.4) is 0 Å². The number of ether oxygens (including phenoxy) is 2. The molecule has 3 amide bonds. The van der Waals surface area contributed by atoms with Gasteiger partial charge < -0.3 is 30.5 Å². The molecular weight excluding hydrogens is 454 g/mol. The van der Waals surface area contributed by atoms with Crippen molar-refractivity contribution in [1.29, 1.82) is 0 Å². The molecule has 0 aromatic heterocycles. The highest BCUT2D eigenvalue weighted by Gasteiger charge is 2.30. The van der Waals surface area contributed by atoms with E-state index in [1.807, 2.05) is 48.5 Å². The van der Waals surface area contributed by atoms with Gasteiger partial charge in [-0.2, -0.15) is 0 Å². The SMILES string of the molecule is CC(C)(C)OC(=O)NCC(=O)NC[C@@H](NC(=O)OCC1c2ccccc2-c2ccccc21)C(=O)O. The van der Waals surface area contributed by atoms with Gasteiger partial charge in [-0.25, -0.2) is 14.4 Å². The smallest absolute Gasteiger partial charge is 0.408 e. The molecule has 0 unspecified atom stereocenters. The van der Waals surface area contributed by atoms with E-state index in [-0.39, 0.29) is 12.5 Å². The molecule has 1 atom stereocenters. The first-order chi connectivity index (χ1) is 16.5. The molecule has 1 aliphatic rings. The van der Waals surface area contributed by atoms with Gasteiger partial charge in [-0.15, -0.1) is 0 Å². The Labute approximate surface area is 203 Å². The number of carbonyl (C=O) groups excluding carboxylic acids is 3. The lowest BCUT2D eigenvalue weighted by Gasteiger charge is -2.20. The first-order valence-electron chi connectivity index (χ1n) is 11.1. The van der Waals surface area contributed by atoms with Gasteiger partial charge in [0, 0.05) is 12.5 Å². The van der Waals surface area contributed by atoms with Crippen LogP contribution in [0.4, 0.5) is 9.59 Å². The number of benzene rings is 2. The fraction of sp³-hybridized carbons (Fsp3) is 0.360. The second kappa shape index (κ2) is 10.9. The van der Waals surface area contributed by atoms with E-state index in [1.165, 1.54) is 0 Å². The lowest BCUT2D eigenvalue weighted by atomic mass is 9.98. The van der Waals surface area contributed by atoms with Crippen molar-refractivity contribution in [3.05, 3.63) is 59.7 Å². The molecular formula is C25H29N3O7. The summed E-state index contributed by atoms with van der Waals surface area (Å²) in [5.74, 6) is -2.16. The molecule has 0 spiro atoms. The fourth-order valence-corrected chi connectivity index (χ4v) is 3.73. The molecule has 10 nitrogen and oxygen atoms in total. The van der Waals surface area contributed by atoms with E-state index in [1.54, 1.807) is 20.8 Å².